The maximum Gasteiger partial charge on any atom is -0.0383 e. The summed E-state index contributed by atoms with van der Waals surface area (Å²) >= 11 is 0. The Morgan fingerprint density at radius 1 is 1.44 bits per heavy atom. The minimum absolute atomic E-state index is 0.829. The van der Waals surface area contributed by atoms with Crippen LogP contribution in [0.1, 0.15) is 39.5 Å². The van der Waals surface area contributed by atoms with Crippen molar-refractivity contribution in [1.82, 2.24) is 0 Å². The summed E-state index contributed by atoms with van der Waals surface area (Å²) in [4.78, 5) is 0. The van der Waals surface area contributed by atoms with Gasteiger partial charge in [-0.15, -0.1) is 0 Å². The molecule has 0 spiro atoms. The van der Waals surface area contributed by atoms with Gasteiger partial charge in [-0.3, -0.25) is 0 Å². The highest BCUT2D eigenvalue weighted by atomic mass is 14.0. The third-order valence-electron chi connectivity index (χ3n) is 1.30. The van der Waals surface area contributed by atoms with Crippen molar-refractivity contribution in [2.45, 2.75) is 39.5 Å². The third-order valence-corrected chi connectivity index (χ3v) is 1.30. The van der Waals surface area contributed by atoms with Crippen LogP contribution in [-0.4, -0.2) is 0 Å². The minimum Gasteiger partial charge on any atom is -0.0628 e. The van der Waals surface area contributed by atoms with Crippen LogP contribution in [0, 0.1) is 19.3 Å². The topological polar surface area (TPSA) is 0 Å². The van der Waals surface area contributed by atoms with Gasteiger partial charge < -0.3 is 0 Å². The largest absolute Gasteiger partial charge is 0.0628 e. The summed E-state index contributed by atoms with van der Waals surface area (Å²) in [6, 6.07) is 0. The van der Waals surface area contributed by atoms with Gasteiger partial charge >= 0.3 is 0 Å². The third kappa shape index (κ3) is 8.00. The molecular formula is C9H18. The highest BCUT2D eigenvalue weighted by molar-refractivity contribution is 4.66. The lowest BCUT2D eigenvalue weighted by atomic mass is 10.1. The normalized spacial score (nSPS) is 10.7. The molecule has 0 aliphatic carbocycles. The van der Waals surface area contributed by atoms with E-state index in [2.05, 4.69) is 27.2 Å². The summed E-state index contributed by atoms with van der Waals surface area (Å²) in [5.41, 5.74) is 0. The Bertz CT molecular complexity index is 46.0. The Kier molecular flexibility index (Phi) is 6.12. The minimum atomic E-state index is 0.829. The second-order valence-electron chi connectivity index (χ2n) is 2.91. The molecule has 0 heterocycles. The quantitative estimate of drug-likeness (QED) is 0.496. The van der Waals surface area contributed by atoms with E-state index in [-0.39, 0.29) is 0 Å². The van der Waals surface area contributed by atoms with Crippen LogP contribution in [0.3, 0.4) is 0 Å². The molecule has 54 valence electrons. The van der Waals surface area contributed by atoms with Gasteiger partial charge in [-0.2, -0.15) is 0 Å². The van der Waals surface area contributed by atoms with Gasteiger partial charge in [0.05, 0.1) is 0 Å². The van der Waals surface area contributed by atoms with Gasteiger partial charge in [0.2, 0.25) is 0 Å². The average molecular weight is 126 g/mol. The van der Waals surface area contributed by atoms with Crippen LogP contribution < -0.4 is 0 Å². The molecule has 0 bridgehead atoms. The lowest BCUT2D eigenvalue weighted by molar-refractivity contribution is 0.612. The Labute approximate surface area is 59.7 Å². The van der Waals surface area contributed by atoms with Gasteiger partial charge in [-0.25, -0.2) is 0 Å². The summed E-state index contributed by atoms with van der Waals surface area (Å²) in [5.74, 6) is 0.829. The second-order valence-corrected chi connectivity index (χ2v) is 2.91. The van der Waals surface area contributed by atoms with E-state index < -0.39 is 0 Å². The van der Waals surface area contributed by atoms with Crippen LogP contribution in [0.2, 0.25) is 0 Å². The molecular weight excluding hydrogens is 108 g/mol. The molecule has 0 rings (SSSR count). The van der Waals surface area contributed by atoms with Crippen LogP contribution in [0.25, 0.3) is 0 Å². The molecule has 0 aliphatic rings. The zero-order valence-electron chi connectivity index (χ0n) is 6.69. The number of hydrogen-bond donors (Lipinski definition) is 0. The summed E-state index contributed by atoms with van der Waals surface area (Å²) in [6.45, 7) is 8.28. The fourth-order valence-corrected chi connectivity index (χ4v) is 0.740. The number of rotatable bonds is 5. The first-order valence-electron chi connectivity index (χ1n) is 3.88. The van der Waals surface area contributed by atoms with E-state index in [1.54, 1.807) is 0 Å². The Balaban J connectivity index is 2.75. The van der Waals surface area contributed by atoms with E-state index in [1.165, 1.54) is 19.3 Å². The Morgan fingerprint density at radius 2 is 2.11 bits per heavy atom. The Hall–Kier alpha value is 0. The smallest absolute Gasteiger partial charge is 0.0383 e. The molecule has 0 aliphatic heterocycles. The van der Waals surface area contributed by atoms with E-state index in [9.17, 15) is 0 Å². The first-order valence-corrected chi connectivity index (χ1v) is 3.88. The second kappa shape index (κ2) is 6.12. The fraction of sp³-hybridized carbons (Fsp3) is 0.778. The van der Waals surface area contributed by atoms with E-state index >= 15 is 0 Å². The maximum atomic E-state index is 3.78. The van der Waals surface area contributed by atoms with Crippen molar-refractivity contribution in [2.24, 2.45) is 5.92 Å². The monoisotopic (exact) mass is 126 g/mol. The molecule has 0 aromatic rings. The Morgan fingerprint density at radius 3 is 2.56 bits per heavy atom. The molecule has 0 aromatic carbocycles. The molecule has 0 fully saturated rings. The molecule has 0 unspecified atom stereocenters. The molecule has 9 heavy (non-hydrogen) atoms. The SMILES string of the molecule is [CH2]CCC[CH]CC(C)C. The predicted molar refractivity (Wildman–Crippen MR) is 43.0 cm³/mol. The average Bonchev–Trinajstić information content (AvgIpc) is 1.80. The van der Waals surface area contributed by atoms with Crippen LogP contribution in [-0.2, 0) is 0 Å². The van der Waals surface area contributed by atoms with Crippen molar-refractivity contribution in [1.29, 1.82) is 0 Å². The van der Waals surface area contributed by atoms with Crippen LogP contribution in [0.5, 0.6) is 0 Å². The predicted octanol–water partition coefficient (Wildman–Crippen LogP) is 3.24. The molecule has 0 atom stereocenters. The van der Waals surface area contributed by atoms with E-state index in [0.29, 0.717) is 0 Å². The van der Waals surface area contributed by atoms with Gasteiger partial charge in [0, 0.05) is 0 Å². The van der Waals surface area contributed by atoms with Crippen molar-refractivity contribution < 1.29 is 0 Å². The van der Waals surface area contributed by atoms with Gasteiger partial charge in [0.15, 0.2) is 0 Å². The van der Waals surface area contributed by atoms with E-state index in [1.807, 2.05) is 0 Å². The first-order chi connectivity index (χ1) is 4.27. The molecule has 0 saturated carbocycles. The zero-order chi connectivity index (χ0) is 7.11. The molecule has 0 nitrogen and oxygen atoms in total. The number of unbranched alkanes of at least 4 members (excludes halogenated alkanes) is 3. The van der Waals surface area contributed by atoms with E-state index in [4.69, 9.17) is 0 Å². The highest BCUT2D eigenvalue weighted by Crippen LogP contribution is 2.07. The number of hydrogen-bond acceptors (Lipinski definition) is 0. The van der Waals surface area contributed by atoms with Gasteiger partial charge in [0.1, 0.15) is 0 Å². The summed E-state index contributed by atoms with van der Waals surface area (Å²) < 4.78 is 0. The lowest BCUT2D eigenvalue weighted by Gasteiger charge is -2.01. The van der Waals surface area contributed by atoms with Crippen LogP contribution in [0.4, 0.5) is 0 Å². The van der Waals surface area contributed by atoms with Gasteiger partial charge in [-0.05, 0) is 18.8 Å². The summed E-state index contributed by atoms with van der Waals surface area (Å²) in [5, 5.41) is 0. The molecule has 0 aromatic heterocycles. The van der Waals surface area contributed by atoms with Gasteiger partial charge in [0.25, 0.3) is 0 Å². The zero-order valence-corrected chi connectivity index (χ0v) is 6.69. The first kappa shape index (κ1) is 9.00. The van der Waals surface area contributed by atoms with Crippen molar-refractivity contribution in [3.63, 3.8) is 0 Å². The summed E-state index contributed by atoms with van der Waals surface area (Å²) in [7, 11) is 0. The molecule has 0 saturated heterocycles. The van der Waals surface area contributed by atoms with Crippen molar-refractivity contribution in [3.05, 3.63) is 13.3 Å². The molecule has 0 amide bonds. The lowest BCUT2D eigenvalue weighted by Crippen LogP contribution is -1.87. The van der Waals surface area contributed by atoms with Gasteiger partial charge in [-0.1, -0.05) is 40.0 Å². The van der Waals surface area contributed by atoms with E-state index in [0.717, 1.165) is 12.3 Å². The molecule has 0 heteroatoms. The maximum absolute atomic E-state index is 3.78. The van der Waals surface area contributed by atoms with Crippen LogP contribution >= 0.6 is 0 Å². The molecule has 0 N–H and O–H groups in total. The standard InChI is InChI=1S/C9H18/c1-4-5-6-7-8-9(2)3/h7,9H,1,4-6,8H2,2-3H3. The fourth-order valence-electron chi connectivity index (χ4n) is 0.740. The van der Waals surface area contributed by atoms with Crippen LogP contribution in [0.15, 0.2) is 0 Å². The van der Waals surface area contributed by atoms with Crippen molar-refractivity contribution >= 4 is 0 Å². The summed E-state index contributed by atoms with van der Waals surface area (Å²) in [6.07, 6.45) is 7.22. The van der Waals surface area contributed by atoms with Crippen molar-refractivity contribution in [2.75, 3.05) is 0 Å². The molecule has 2 radical (unpaired) electrons. The van der Waals surface area contributed by atoms with Crippen molar-refractivity contribution in [3.8, 4) is 0 Å². The highest BCUT2D eigenvalue weighted by Gasteiger charge is 1.92.